The van der Waals surface area contributed by atoms with Crippen molar-refractivity contribution in [3.05, 3.63) is 48.0 Å². The third kappa shape index (κ3) is 6.29. The lowest BCUT2D eigenvalue weighted by molar-refractivity contribution is -0.274. The number of carbonyl (C=O) groups is 1. The minimum Gasteiger partial charge on any atom is -0.486 e. The number of benzene rings is 2. The highest BCUT2D eigenvalue weighted by Gasteiger charge is 2.31. The number of amides is 1. The van der Waals surface area contributed by atoms with Crippen LogP contribution in [0.3, 0.4) is 0 Å². The van der Waals surface area contributed by atoms with Crippen LogP contribution in [0.4, 0.5) is 18.9 Å². The van der Waals surface area contributed by atoms with Gasteiger partial charge in [-0.15, -0.1) is 13.2 Å². The summed E-state index contributed by atoms with van der Waals surface area (Å²) >= 11 is 0. The molecule has 0 aromatic heterocycles. The zero-order chi connectivity index (χ0) is 23.4. The highest BCUT2D eigenvalue weighted by Crippen LogP contribution is 2.32. The van der Waals surface area contributed by atoms with Gasteiger partial charge in [-0.2, -0.15) is 0 Å². The van der Waals surface area contributed by atoms with Gasteiger partial charge >= 0.3 is 6.36 Å². The van der Waals surface area contributed by atoms with E-state index in [-0.39, 0.29) is 17.7 Å². The molecule has 7 nitrogen and oxygen atoms in total. The van der Waals surface area contributed by atoms with Gasteiger partial charge < -0.3 is 19.5 Å². The normalized spacial score (nSPS) is 17.9. The molecule has 0 aliphatic carbocycles. The summed E-state index contributed by atoms with van der Waals surface area (Å²) in [5.41, 5.74) is 1.56. The Kier molecular flexibility index (Phi) is 6.94. The van der Waals surface area contributed by atoms with Gasteiger partial charge in [-0.25, -0.2) is 0 Å². The molecule has 33 heavy (non-hydrogen) atoms. The topological polar surface area (TPSA) is 63.3 Å². The number of rotatable bonds is 6. The second-order valence-electron chi connectivity index (χ2n) is 8.03. The first-order valence-electron chi connectivity index (χ1n) is 10.8. The summed E-state index contributed by atoms with van der Waals surface area (Å²) in [6.45, 7) is 6.43. The molecule has 0 radical (unpaired) electrons. The number of halogens is 3. The predicted molar refractivity (Wildman–Crippen MR) is 115 cm³/mol. The molecule has 4 rings (SSSR count). The summed E-state index contributed by atoms with van der Waals surface area (Å²) in [6.07, 6.45) is -4.69. The van der Waals surface area contributed by atoms with E-state index in [2.05, 4.69) is 19.9 Å². The summed E-state index contributed by atoms with van der Waals surface area (Å²) in [4.78, 5) is 17.1. The van der Waals surface area contributed by atoms with Crippen LogP contribution >= 0.6 is 0 Å². The predicted octanol–water partition coefficient (Wildman–Crippen LogP) is 3.50. The van der Waals surface area contributed by atoms with E-state index in [1.807, 2.05) is 6.92 Å². The fraction of sp³-hybridized carbons (Fsp3) is 0.435. The lowest BCUT2D eigenvalue weighted by atomic mass is 10.1. The van der Waals surface area contributed by atoms with E-state index in [4.69, 9.17) is 9.47 Å². The Hall–Kier alpha value is -2.98. The maximum Gasteiger partial charge on any atom is 0.573 e. The molecular weight excluding hydrogens is 439 g/mol. The van der Waals surface area contributed by atoms with Gasteiger partial charge in [0.1, 0.15) is 19.0 Å². The highest BCUT2D eigenvalue weighted by molar-refractivity contribution is 5.94. The Morgan fingerprint density at radius 1 is 1.03 bits per heavy atom. The van der Waals surface area contributed by atoms with Crippen molar-refractivity contribution in [3.8, 4) is 17.2 Å². The lowest BCUT2D eigenvalue weighted by Crippen LogP contribution is -2.52. The monoisotopic (exact) mass is 465 g/mol. The Morgan fingerprint density at radius 2 is 1.70 bits per heavy atom. The second kappa shape index (κ2) is 9.88. The quantitative estimate of drug-likeness (QED) is 0.705. The van der Waals surface area contributed by atoms with Crippen LogP contribution in [0.5, 0.6) is 17.2 Å². The molecule has 0 bridgehead atoms. The SMILES string of the molecule is C[C@H](C(=O)Nc1ccc2c(c1)OCCO2)N1CCN(Cc2ccc(OC(F)(F)F)cc2)CC1. The van der Waals surface area contributed by atoms with E-state index in [1.54, 1.807) is 30.3 Å². The van der Waals surface area contributed by atoms with Gasteiger partial charge in [0.2, 0.25) is 5.91 Å². The van der Waals surface area contributed by atoms with Crippen molar-refractivity contribution < 1.29 is 32.2 Å². The first kappa shape index (κ1) is 23.2. The number of fused-ring (bicyclic) bond motifs is 1. The van der Waals surface area contributed by atoms with E-state index < -0.39 is 6.36 Å². The number of piperazine rings is 1. The molecule has 0 saturated carbocycles. The van der Waals surface area contributed by atoms with Crippen molar-refractivity contribution in [1.82, 2.24) is 9.80 Å². The molecule has 10 heteroatoms. The fourth-order valence-corrected chi connectivity index (χ4v) is 3.90. The Morgan fingerprint density at radius 3 is 2.36 bits per heavy atom. The van der Waals surface area contributed by atoms with Crippen molar-refractivity contribution in [1.29, 1.82) is 0 Å². The number of anilines is 1. The molecule has 0 spiro atoms. The third-order valence-corrected chi connectivity index (χ3v) is 5.71. The molecule has 0 unspecified atom stereocenters. The first-order chi connectivity index (χ1) is 15.8. The van der Waals surface area contributed by atoms with Crippen LogP contribution in [0.1, 0.15) is 12.5 Å². The first-order valence-corrected chi connectivity index (χ1v) is 10.8. The Labute approximate surface area is 190 Å². The molecule has 178 valence electrons. The van der Waals surface area contributed by atoms with E-state index in [9.17, 15) is 18.0 Å². The van der Waals surface area contributed by atoms with Gasteiger partial charge in [0, 0.05) is 44.5 Å². The van der Waals surface area contributed by atoms with Crippen molar-refractivity contribution in [2.75, 3.05) is 44.7 Å². The number of nitrogens with one attached hydrogen (secondary N) is 1. The molecule has 2 heterocycles. The fourth-order valence-electron chi connectivity index (χ4n) is 3.90. The summed E-state index contributed by atoms with van der Waals surface area (Å²) in [5, 5.41) is 2.94. The average molecular weight is 465 g/mol. The highest BCUT2D eigenvalue weighted by atomic mass is 19.4. The molecule has 2 aromatic rings. The number of carbonyl (C=O) groups excluding carboxylic acids is 1. The standard InChI is InChI=1S/C23H26F3N3O4/c1-16(22(30)27-18-4-7-20-21(14-18)32-13-12-31-20)29-10-8-28(9-11-29)15-17-2-5-19(6-3-17)33-23(24,25)26/h2-7,14,16H,8-13,15H2,1H3,(H,27,30)/t16-/m1/s1. The zero-order valence-corrected chi connectivity index (χ0v) is 18.2. The van der Waals surface area contributed by atoms with Crippen LogP contribution < -0.4 is 19.5 Å². The Bertz CT molecular complexity index is 960. The molecule has 1 N–H and O–H groups in total. The molecule has 2 aromatic carbocycles. The summed E-state index contributed by atoms with van der Waals surface area (Å²) in [7, 11) is 0. The maximum absolute atomic E-state index is 12.8. The number of alkyl halides is 3. The smallest absolute Gasteiger partial charge is 0.486 e. The molecule has 1 fully saturated rings. The Balaban J connectivity index is 1.25. The van der Waals surface area contributed by atoms with E-state index in [0.717, 1.165) is 18.7 Å². The molecular formula is C23H26F3N3O4. The number of nitrogens with zero attached hydrogens (tertiary/aromatic N) is 2. The van der Waals surface area contributed by atoms with Crippen LogP contribution in [-0.4, -0.2) is 67.5 Å². The zero-order valence-electron chi connectivity index (χ0n) is 18.2. The number of ether oxygens (including phenoxy) is 3. The van der Waals surface area contributed by atoms with Crippen LogP contribution in [0.15, 0.2) is 42.5 Å². The van der Waals surface area contributed by atoms with Gasteiger partial charge in [-0.05, 0) is 36.8 Å². The summed E-state index contributed by atoms with van der Waals surface area (Å²) in [5.74, 6) is 0.971. The molecule has 1 atom stereocenters. The van der Waals surface area contributed by atoms with Crippen molar-refractivity contribution in [2.45, 2.75) is 25.9 Å². The van der Waals surface area contributed by atoms with E-state index in [1.165, 1.54) is 12.1 Å². The third-order valence-electron chi connectivity index (χ3n) is 5.71. The van der Waals surface area contributed by atoms with Crippen LogP contribution in [0.2, 0.25) is 0 Å². The molecule has 1 saturated heterocycles. The van der Waals surface area contributed by atoms with Gasteiger partial charge in [0.25, 0.3) is 0 Å². The minimum atomic E-state index is -4.69. The van der Waals surface area contributed by atoms with Gasteiger partial charge in [0.05, 0.1) is 6.04 Å². The van der Waals surface area contributed by atoms with Gasteiger partial charge in [0.15, 0.2) is 11.5 Å². The maximum atomic E-state index is 12.8. The van der Waals surface area contributed by atoms with Crippen molar-refractivity contribution in [3.63, 3.8) is 0 Å². The van der Waals surface area contributed by atoms with E-state index in [0.29, 0.717) is 50.0 Å². The van der Waals surface area contributed by atoms with Crippen LogP contribution in [0.25, 0.3) is 0 Å². The minimum absolute atomic E-state index is 0.0969. The summed E-state index contributed by atoms with van der Waals surface area (Å²) in [6, 6.07) is 11.0. The lowest BCUT2D eigenvalue weighted by Gasteiger charge is -2.37. The second-order valence-corrected chi connectivity index (χ2v) is 8.03. The van der Waals surface area contributed by atoms with Gasteiger partial charge in [-0.1, -0.05) is 12.1 Å². The largest absolute Gasteiger partial charge is 0.573 e. The van der Waals surface area contributed by atoms with E-state index >= 15 is 0 Å². The molecule has 2 aliphatic heterocycles. The van der Waals surface area contributed by atoms with Gasteiger partial charge in [-0.3, -0.25) is 14.6 Å². The number of hydrogen-bond acceptors (Lipinski definition) is 6. The molecule has 1 amide bonds. The number of hydrogen-bond donors (Lipinski definition) is 1. The van der Waals surface area contributed by atoms with Crippen LogP contribution in [-0.2, 0) is 11.3 Å². The van der Waals surface area contributed by atoms with Crippen LogP contribution in [0, 0.1) is 0 Å². The molecule has 2 aliphatic rings. The average Bonchev–Trinajstić information content (AvgIpc) is 2.79. The van der Waals surface area contributed by atoms with Crippen molar-refractivity contribution in [2.24, 2.45) is 0 Å². The van der Waals surface area contributed by atoms with Crippen molar-refractivity contribution >= 4 is 11.6 Å². The summed E-state index contributed by atoms with van der Waals surface area (Å²) < 4.78 is 51.8.